The van der Waals surface area contributed by atoms with Crippen LogP contribution in [0, 0.1) is 35.0 Å². The summed E-state index contributed by atoms with van der Waals surface area (Å²) in [5.74, 6) is 3.96. The van der Waals surface area contributed by atoms with Crippen LogP contribution >= 0.6 is 0 Å². The molecule has 0 saturated heterocycles. The van der Waals surface area contributed by atoms with Gasteiger partial charge in [-0.2, -0.15) is 0 Å². The Bertz CT molecular complexity index is 494. The van der Waals surface area contributed by atoms with Crippen LogP contribution in [0.2, 0.25) is 0 Å². The van der Waals surface area contributed by atoms with Gasteiger partial charge in [0.2, 0.25) is 0 Å². The second-order valence-electron chi connectivity index (χ2n) is 8.50. The van der Waals surface area contributed by atoms with Crippen molar-refractivity contribution in [3.63, 3.8) is 0 Å². The molecule has 0 aromatic heterocycles. The van der Waals surface area contributed by atoms with E-state index in [1.54, 1.807) is 0 Å². The number of aliphatic hydroxyl groups is 1. The molecule has 0 radical (unpaired) electrons. The molecule has 116 valence electrons. The number of carbonyl (C=O) groups is 1. The number of hydrogen-bond acceptors (Lipinski definition) is 2. The molecule has 0 aromatic rings. The lowest BCUT2D eigenvalue weighted by atomic mass is 9.49. The van der Waals surface area contributed by atoms with Crippen LogP contribution in [0.25, 0.3) is 0 Å². The van der Waals surface area contributed by atoms with E-state index in [4.69, 9.17) is 0 Å². The summed E-state index contributed by atoms with van der Waals surface area (Å²) >= 11 is 0. The van der Waals surface area contributed by atoms with Crippen molar-refractivity contribution in [3.05, 3.63) is 11.6 Å². The fourth-order valence-electron chi connectivity index (χ4n) is 6.56. The van der Waals surface area contributed by atoms with Gasteiger partial charge in [0.25, 0.3) is 0 Å². The van der Waals surface area contributed by atoms with Crippen molar-refractivity contribution in [1.82, 2.24) is 0 Å². The van der Waals surface area contributed by atoms with Crippen molar-refractivity contribution in [1.29, 1.82) is 0 Å². The molecule has 0 spiro atoms. The zero-order chi connectivity index (χ0) is 14.8. The summed E-state index contributed by atoms with van der Waals surface area (Å²) in [4.78, 5) is 11.8. The molecule has 0 bridgehead atoms. The summed E-state index contributed by atoms with van der Waals surface area (Å²) in [6, 6.07) is 0. The number of hydrogen-bond donors (Lipinski definition) is 1. The number of aliphatic hydroxyl groups excluding tert-OH is 1. The highest BCUT2D eigenvalue weighted by Crippen LogP contribution is 2.62. The van der Waals surface area contributed by atoms with Gasteiger partial charge in [0.05, 0.1) is 6.10 Å². The van der Waals surface area contributed by atoms with Crippen LogP contribution in [-0.2, 0) is 4.79 Å². The highest BCUT2D eigenvalue weighted by atomic mass is 16.3. The van der Waals surface area contributed by atoms with Gasteiger partial charge in [-0.05, 0) is 79.6 Å². The van der Waals surface area contributed by atoms with Gasteiger partial charge in [0.15, 0.2) is 5.78 Å². The molecule has 0 amide bonds. The molecular weight excluding hydrogens is 260 g/mol. The molecule has 2 nitrogen and oxygen atoms in total. The Balaban J connectivity index is 1.68. The number of rotatable bonds is 0. The minimum atomic E-state index is -0.0828. The number of ketones is 1. The lowest BCUT2D eigenvalue weighted by Crippen LogP contribution is -2.50. The number of carbonyl (C=O) groups excluding carboxylic acids is 1. The third-order valence-electron chi connectivity index (χ3n) is 7.59. The van der Waals surface area contributed by atoms with Gasteiger partial charge in [0, 0.05) is 6.42 Å². The fraction of sp³-hybridized carbons (Fsp3) is 0.842. The van der Waals surface area contributed by atoms with E-state index in [2.05, 4.69) is 13.8 Å². The molecule has 0 heterocycles. The molecular formula is C19H28O2. The topological polar surface area (TPSA) is 37.3 Å². The number of fused-ring (bicyclic) bond motifs is 5. The van der Waals surface area contributed by atoms with Gasteiger partial charge < -0.3 is 5.11 Å². The zero-order valence-corrected chi connectivity index (χ0v) is 13.3. The van der Waals surface area contributed by atoms with Crippen LogP contribution in [0.4, 0.5) is 0 Å². The molecule has 0 unspecified atom stereocenters. The van der Waals surface area contributed by atoms with Gasteiger partial charge in [-0.25, -0.2) is 0 Å². The summed E-state index contributed by atoms with van der Waals surface area (Å²) < 4.78 is 0. The predicted molar refractivity (Wildman–Crippen MR) is 82.6 cm³/mol. The Hall–Kier alpha value is -0.630. The average Bonchev–Trinajstić information content (AvgIpc) is 2.74. The fourth-order valence-corrected chi connectivity index (χ4v) is 6.56. The summed E-state index contributed by atoms with van der Waals surface area (Å²) in [7, 11) is 0. The minimum absolute atomic E-state index is 0.0828. The smallest absolute Gasteiger partial charge is 0.155 e. The van der Waals surface area contributed by atoms with Gasteiger partial charge in [0.1, 0.15) is 0 Å². The summed E-state index contributed by atoms with van der Waals surface area (Å²) in [5, 5.41) is 10.5. The largest absolute Gasteiger partial charge is 0.393 e. The lowest BCUT2D eigenvalue weighted by Gasteiger charge is -2.55. The molecule has 4 aliphatic rings. The highest BCUT2D eigenvalue weighted by molar-refractivity contribution is 5.91. The van der Waals surface area contributed by atoms with Gasteiger partial charge in [-0.1, -0.05) is 19.4 Å². The third kappa shape index (κ3) is 1.91. The predicted octanol–water partition coefficient (Wildman–Crippen LogP) is 3.74. The normalized spacial score (nSPS) is 52.7. The Morgan fingerprint density at radius 3 is 2.86 bits per heavy atom. The van der Waals surface area contributed by atoms with Crippen molar-refractivity contribution in [2.24, 2.45) is 35.0 Å². The van der Waals surface area contributed by atoms with Crippen molar-refractivity contribution in [3.8, 4) is 0 Å². The first-order chi connectivity index (χ1) is 10.0. The Labute approximate surface area is 128 Å². The quantitative estimate of drug-likeness (QED) is 0.737. The van der Waals surface area contributed by atoms with E-state index in [0.29, 0.717) is 23.5 Å². The van der Waals surface area contributed by atoms with E-state index in [0.717, 1.165) is 37.5 Å². The molecule has 4 aliphatic carbocycles. The number of allylic oxidation sites excluding steroid dienone is 1. The molecule has 3 saturated carbocycles. The van der Waals surface area contributed by atoms with Crippen LogP contribution in [0.1, 0.15) is 58.8 Å². The van der Waals surface area contributed by atoms with E-state index in [-0.39, 0.29) is 11.5 Å². The SMILES string of the molecule is C[C@@H]1CC2=CC(=O)CC[C@@H]2[C@H]2CC[C@]3(C)[C@@H](O)CC[C@H]3[C@@H]21. The average molecular weight is 288 g/mol. The van der Waals surface area contributed by atoms with E-state index < -0.39 is 0 Å². The van der Waals surface area contributed by atoms with E-state index in [1.165, 1.54) is 24.8 Å². The van der Waals surface area contributed by atoms with Crippen LogP contribution in [-0.4, -0.2) is 17.0 Å². The zero-order valence-electron chi connectivity index (χ0n) is 13.3. The Kier molecular flexibility index (Phi) is 3.12. The standard InChI is InChI=1S/C19H28O2/c1-11-9-12-10-13(20)3-4-14(12)15-7-8-19(2)16(18(11)15)5-6-17(19)21/h10-11,14-18,21H,3-9H2,1-2H3/t11-,14+,15-,16+,17+,18-,19+/m1/s1. The van der Waals surface area contributed by atoms with Crippen molar-refractivity contribution >= 4 is 5.78 Å². The second kappa shape index (κ2) is 4.68. The van der Waals surface area contributed by atoms with Crippen LogP contribution in [0.5, 0.6) is 0 Å². The van der Waals surface area contributed by atoms with Crippen molar-refractivity contribution in [2.45, 2.75) is 64.9 Å². The third-order valence-corrected chi connectivity index (χ3v) is 7.59. The van der Waals surface area contributed by atoms with E-state index >= 15 is 0 Å². The first-order valence-electron chi connectivity index (χ1n) is 8.92. The molecule has 0 aromatic carbocycles. The molecule has 2 heteroatoms. The molecule has 3 fully saturated rings. The summed E-state index contributed by atoms with van der Waals surface area (Å²) in [6.45, 7) is 4.73. The molecule has 1 N–H and O–H groups in total. The first kappa shape index (κ1) is 14.0. The Morgan fingerprint density at radius 2 is 2.05 bits per heavy atom. The summed E-state index contributed by atoms with van der Waals surface area (Å²) in [6.07, 6.45) is 9.54. The summed E-state index contributed by atoms with van der Waals surface area (Å²) in [5.41, 5.74) is 1.63. The highest BCUT2D eigenvalue weighted by Gasteiger charge is 2.57. The van der Waals surface area contributed by atoms with E-state index in [1.807, 2.05) is 6.08 Å². The monoisotopic (exact) mass is 288 g/mol. The van der Waals surface area contributed by atoms with Crippen molar-refractivity contribution < 1.29 is 9.90 Å². The lowest BCUT2D eigenvalue weighted by molar-refractivity contribution is -0.116. The maximum atomic E-state index is 11.8. The van der Waals surface area contributed by atoms with Crippen molar-refractivity contribution in [2.75, 3.05) is 0 Å². The van der Waals surface area contributed by atoms with Gasteiger partial charge >= 0.3 is 0 Å². The molecule has 4 rings (SSSR count). The maximum absolute atomic E-state index is 11.8. The van der Waals surface area contributed by atoms with Gasteiger partial charge in [-0.15, -0.1) is 0 Å². The molecule has 0 aliphatic heterocycles. The van der Waals surface area contributed by atoms with Crippen LogP contribution in [0.15, 0.2) is 11.6 Å². The maximum Gasteiger partial charge on any atom is 0.155 e. The first-order valence-corrected chi connectivity index (χ1v) is 8.92. The Morgan fingerprint density at radius 1 is 1.24 bits per heavy atom. The van der Waals surface area contributed by atoms with E-state index in [9.17, 15) is 9.90 Å². The minimum Gasteiger partial charge on any atom is -0.393 e. The molecule has 21 heavy (non-hydrogen) atoms. The van der Waals surface area contributed by atoms with Gasteiger partial charge in [-0.3, -0.25) is 4.79 Å². The molecule has 7 atom stereocenters. The van der Waals surface area contributed by atoms with Crippen LogP contribution in [0.3, 0.4) is 0 Å². The van der Waals surface area contributed by atoms with Crippen LogP contribution < -0.4 is 0 Å². The second-order valence-corrected chi connectivity index (χ2v) is 8.50.